The second-order valence-electron chi connectivity index (χ2n) is 5.87. The number of amides is 1. The molecule has 2 aromatic rings. The van der Waals surface area contributed by atoms with E-state index < -0.39 is 50.1 Å². The first-order valence-corrected chi connectivity index (χ1v) is 9.82. The SMILES string of the molecule is O=C(Nc1ccnc(C(F)(F)F)c1)c1nsc(OS(=O)(=O)C(F)(F)F)c1C1CC1. The Bertz CT molecular complexity index is 1040. The Morgan fingerprint density at radius 3 is 2.41 bits per heavy atom. The number of aromatic nitrogens is 2. The van der Waals surface area contributed by atoms with Gasteiger partial charge < -0.3 is 9.50 Å². The van der Waals surface area contributed by atoms with Crippen LogP contribution in [0.4, 0.5) is 32.0 Å². The van der Waals surface area contributed by atoms with Gasteiger partial charge in [0.1, 0.15) is 11.4 Å². The zero-order chi connectivity index (χ0) is 21.6. The van der Waals surface area contributed by atoms with Crippen molar-refractivity contribution in [2.45, 2.75) is 30.4 Å². The molecule has 0 aliphatic heterocycles. The van der Waals surface area contributed by atoms with Crippen molar-refractivity contribution in [3.63, 3.8) is 0 Å². The molecule has 15 heteroatoms. The predicted molar refractivity (Wildman–Crippen MR) is 86.9 cm³/mol. The molecular weight excluding hydrogens is 452 g/mol. The smallest absolute Gasteiger partial charge is 0.363 e. The van der Waals surface area contributed by atoms with Gasteiger partial charge in [-0.25, -0.2) is 0 Å². The summed E-state index contributed by atoms with van der Waals surface area (Å²) in [6.45, 7) is 0. The normalized spacial score (nSPS) is 15.2. The zero-order valence-electron chi connectivity index (χ0n) is 13.8. The Morgan fingerprint density at radius 1 is 1.21 bits per heavy atom. The summed E-state index contributed by atoms with van der Waals surface area (Å²) in [5.41, 5.74) is -7.78. The van der Waals surface area contributed by atoms with Crippen molar-refractivity contribution in [1.29, 1.82) is 0 Å². The lowest BCUT2D eigenvalue weighted by atomic mass is 10.1. The van der Waals surface area contributed by atoms with Crippen LogP contribution >= 0.6 is 11.5 Å². The Hall–Kier alpha value is -2.42. The summed E-state index contributed by atoms with van der Waals surface area (Å²) < 4.78 is 106. The minimum absolute atomic E-state index is 0.134. The molecule has 0 spiro atoms. The van der Waals surface area contributed by atoms with Crippen LogP contribution in [0, 0.1) is 0 Å². The number of alkyl halides is 6. The number of pyridine rings is 1. The van der Waals surface area contributed by atoms with Crippen LogP contribution in [0.3, 0.4) is 0 Å². The van der Waals surface area contributed by atoms with Gasteiger partial charge in [-0.15, -0.1) is 0 Å². The number of rotatable bonds is 5. The molecule has 1 N–H and O–H groups in total. The summed E-state index contributed by atoms with van der Waals surface area (Å²) in [5, 5.41) is 1.43. The molecule has 3 rings (SSSR count). The molecule has 0 atom stereocenters. The Labute approximate surface area is 163 Å². The van der Waals surface area contributed by atoms with Gasteiger partial charge in [0.05, 0.1) is 0 Å². The number of halogens is 6. The first-order valence-electron chi connectivity index (χ1n) is 7.64. The molecule has 1 amide bonds. The standard InChI is InChI=1S/C14H9F6N3O4S2/c15-13(16,17)8-5-7(3-4-21-8)22-11(24)10-9(6-1-2-6)12(28-23-10)27-29(25,26)14(18,19)20/h3-6H,1-2H2,(H,21,22,24). The highest BCUT2D eigenvalue weighted by Crippen LogP contribution is 2.48. The maximum absolute atomic E-state index is 12.7. The van der Waals surface area contributed by atoms with Gasteiger partial charge in [-0.05, 0) is 30.9 Å². The fourth-order valence-electron chi connectivity index (χ4n) is 2.24. The molecule has 0 bridgehead atoms. The van der Waals surface area contributed by atoms with Crippen LogP contribution in [-0.4, -0.2) is 29.2 Å². The maximum Gasteiger partial charge on any atom is 0.534 e. The van der Waals surface area contributed by atoms with Crippen LogP contribution in [-0.2, 0) is 16.3 Å². The third kappa shape index (κ3) is 4.60. The minimum Gasteiger partial charge on any atom is -0.363 e. The summed E-state index contributed by atoms with van der Waals surface area (Å²) in [5.74, 6) is -1.47. The van der Waals surface area contributed by atoms with Gasteiger partial charge in [0.2, 0.25) is 5.06 Å². The molecule has 0 aromatic carbocycles. The summed E-state index contributed by atoms with van der Waals surface area (Å²) in [4.78, 5) is 15.5. The average molecular weight is 461 g/mol. The van der Waals surface area contributed by atoms with E-state index in [-0.39, 0.29) is 22.8 Å². The first-order chi connectivity index (χ1) is 13.3. The van der Waals surface area contributed by atoms with E-state index in [0.29, 0.717) is 18.9 Å². The van der Waals surface area contributed by atoms with E-state index in [0.717, 1.165) is 12.3 Å². The molecule has 1 aliphatic carbocycles. The van der Waals surface area contributed by atoms with Crippen molar-refractivity contribution >= 4 is 33.2 Å². The molecule has 1 aliphatic rings. The van der Waals surface area contributed by atoms with Gasteiger partial charge in [-0.2, -0.15) is 39.1 Å². The van der Waals surface area contributed by atoms with E-state index in [9.17, 15) is 39.6 Å². The number of carbonyl (C=O) groups is 1. The highest BCUT2D eigenvalue weighted by molar-refractivity contribution is 7.88. The van der Waals surface area contributed by atoms with Crippen LogP contribution < -0.4 is 9.50 Å². The van der Waals surface area contributed by atoms with Crippen molar-refractivity contribution < 1.29 is 43.7 Å². The topological polar surface area (TPSA) is 98.2 Å². The van der Waals surface area contributed by atoms with Crippen molar-refractivity contribution in [3.05, 3.63) is 35.3 Å². The summed E-state index contributed by atoms with van der Waals surface area (Å²) in [7, 11) is -5.97. The molecule has 0 saturated heterocycles. The van der Waals surface area contributed by atoms with Crippen molar-refractivity contribution in [3.8, 4) is 5.06 Å². The summed E-state index contributed by atoms with van der Waals surface area (Å²) in [6.07, 6.45) is -3.04. The average Bonchev–Trinajstić information content (AvgIpc) is 3.33. The van der Waals surface area contributed by atoms with Crippen LogP contribution in [0.15, 0.2) is 18.3 Å². The number of nitrogens with one attached hydrogen (secondary N) is 1. The van der Waals surface area contributed by atoms with Gasteiger partial charge in [0.25, 0.3) is 5.91 Å². The molecule has 29 heavy (non-hydrogen) atoms. The Morgan fingerprint density at radius 2 is 1.86 bits per heavy atom. The Kier molecular flexibility index (Phi) is 5.23. The van der Waals surface area contributed by atoms with Gasteiger partial charge in [0.15, 0.2) is 0 Å². The monoisotopic (exact) mass is 461 g/mol. The molecular formula is C14H9F6N3O4S2. The van der Waals surface area contributed by atoms with Gasteiger partial charge in [-0.1, -0.05) is 0 Å². The highest BCUT2D eigenvalue weighted by atomic mass is 32.2. The largest absolute Gasteiger partial charge is 0.534 e. The first kappa shape index (κ1) is 21.3. The van der Waals surface area contributed by atoms with Crippen LogP contribution in [0.5, 0.6) is 5.06 Å². The second-order valence-corrected chi connectivity index (χ2v) is 8.15. The number of nitrogens with zero attached hydrogens (tertiary/aromatic N) is 2. The molecule has 2 heterocycles. The fraction of sp³-hybridized carbons (Fsp3) is 0.357. The van der Waals surface area contributed by atoms with Gasteiger partial charge in [-0.3, -0.25) is 9.78 Å². The van der Waals surface area contributed by atoms with Crippen molar-refractivity contribution in [1.82, 2.24) is 9.36 Å². The number of hydrogen-bond acceptors (Lipinski definition) is 7. The number of carbonyl (C=O) groups excluding carboxylic acids is 1. The van der Waals surface area contributed by atoms with Crippen molar-refractivity contribution in [2.24, 2.45) is 0 Å². The van der Waals surface area contributed by atoms with Crippen LogP contribution in [0.2, 0.25) is 0 Å². The van der Waals surface area contributed by atoms with E-state index in [2.05, 4.69) is 18.9 Å². The van der Waals surface area contributed by atoms with Gasteiger partial charge in [0, 0.05) is 29.0 Å². The quantitative estimate of drug-likeness (QED) is 0.412. The maximum atomic E-state index is 12.7. The zero-order valence-corrected chi connectivity index (χ0v) is 15.5. The highest BCUT2D eigenvalue weighted by Gasteiger charge is 2.50. The van der Waals surface area contributed by atoms with E-state index in [1.807, 2.05) is 0 Å². The molecule has 0 unspecified atom stereocenters. The minimum atomic E-state index is -5.97. The molecule has 1 fully saturated rings. The van der Waals surface area contributed by atoms with E-state index >= 15 is 0 Å². The summed E-state index contributed by atoms with van der Waals surface area (Å²) in [6, 6.07) is 1.63. The number of hydrogen-bond donors (Lipinski definition) is 1. The molecule has 2 aromatic heterocycles. The second kappa shape index (κ2) is 7.12. The third-order valence-electron chi connectivity index (χ3n) is 3.67. The lowest BCUT2D eigenvalue weighted by molar-refractivity contribution is -0.141. The molecule has 1 saturated carbocycles. The van der Waals surface area contributed by atoms with E-state index in [1.165, 1.54) is 0 Å². The fourth-order valence-corrected chi connectivity index (χ4v) is 3.73. The van der Waals surface area contributed by atoms with E-state index in [4.69, 9.17) is 0 Å². The van der Waals surface area contributed by atoms with Crippen molar-refractivity contribution in [2.75, 3.05) is 5.32 Å². The lowest BCUT2D eigenvalue weighted by Gasteiger charge is -2.10. The van der Waals surface area contributed by atoms with Crippen LogP contribution in [0.1, 0.15) is 40.5 Å². The lowest BCUT2D eigenvalue weighted by Crippen LogP contribution is -2.28. The third-order valence-corrected chi connectivity index (χ3v) is 5.47. The molecule has 0 radical (unpaired) electrons. The number of anilines is 1. The Balaban J connectivity index is 1.88. The predicted octanol–water partition coefficient (Wildman–Crippen LogP) is 3.92. The molecule has 158 valence electrons. The molecule has 7 nitrogen and oxygen atoms in total. The van der Waals surface area contributed by atoms with E-state index in [1.54, 1.807) is 0 Å². The van der Waals surface area contributed by atoms with Crippen LogP contribution in [0.25, 0.3) is 0 Å². The summed E-state index contributed by atoms with van der Waals surface area (Å²) >= 11 is 0.229. The van der Waals surface area contributed by atoms with Gasteiger partial charge >= 0.3 is 21.8 Å².